The highest BCUT2D eigenvalue weighted by Crippen LogP contribution is 2.60. The SMILES string of the molecule is Cc1oc(-c2nc3oc2C24c5cc(ccc5OC2Nc2c(Br)cccc24)C[C@H](NC(=O)OCc2ccccc2)C(=O)N[C@H]3C(C)C)nc1C=O. The summed E-state index contributed by atoms with van der Waals surface area (Å²) in [5.74, 6) is 0.973. The van der Waals surface area contributed by atoms with Gasteiger partial charge in [0.15, 0.2) is 24.0 Å². The van der Waals surface area contributed by atoms with Gasteiger partial charge in [0.25, 0.3) is 0 Å². The first-order valence-corrected chi connectivity index (χ1v) is 17.0. The number of halogens is 1. The van der Waals surface area contributed by atoms with E-state index in [1.807, 2.05) is 80.6 Å². The Hall–Kier alpha value is -5.43. The van der Waals surface area contributed by atoms with Crippen molar-refractivity contribution in [3.63, 3.8) is 0 Å². The topological polar surface area (TPSA) is 158 Å². The summed E-state index contributed by atoms with van der Waals surface area (Å²) in [5.41, 5.74) is 3.33. The van der Waals surface area contributed by atoms with Crippen LogP contribution >= 0.6 is 15.9 Å². The summed E-state index contributed by atoms with van der Waals surface area (Å²) in [6.45, 7) is 5.57. The second-order valence-electron chi connectivity index (χ2n) is 12.9. The molecule has 5 aromatic rings. The third-order valence-corrected chi connectivity index (χ3v) is 10.1. The lowest BCUT2D eigenvalue weighted by Gasteiger charge is -2.28. The van der Waals surface area contributed by atoms with Gasteiger partial charge < -0.3 is 34.3 Å². The Morgan fingerprint density at radius 1 is 1.08 bits per heavy atom. The Bertz CT molecular complexity index is 2160. The standard InChI is InChI=1S/C37H32BrN5O7/c1-18(2)28-33-42-30(34-39-26(16-44)19(3)48-34)31(50-33)37-22-10-7-11-24(38)29(22)43-35(37)49-27-13-12-21(14-23(27)37)15-25(32(45)41-28)40-36(46)47-17-20-8-5-4-6-9-20/h4-14,16,18,25,28,35,43H,15,17H2,1-3H3,(H,40,46)(H,41,45)/t25-,28-,35?,37?/m0/s1. The van der Waals surface area contributed by atoms with Crippen molar-refractivity contribution < 1.29 is 32.7 Å². The van der Waals surface area contributed by atoms with Crippen LogP contribution in [-0.2, 0) is 28.0 Å². The van der Waals surface area contributed by atoms with Gasteiger partial charge in [0, 0.05) is 22.0 Å². The van der Waals surface area contributed by atoms with Crippen molar-refractivity contribution in [2.45, 2.75) is 57.5 Å². The Morgan fingerprint density at radius 2 is 1.90 bits per heavy atom. The average Bonchev–Trinajstić information content (AvgIpc) is 3.86. The van der Waals surface area contributed by atoms with Crippen molar-refractivity contribution in [3.8, 4) is 17.3 Å². The van der Waals surface area contributed by atoms with Crippen LogP contribution in [0, 0.1) is 12.8 Å². The number of fused-ring (bicyclic) bond motifs is 4. The monoisotopic (exact) mass is 737 g/mol. The van der Waals surface area contributed by atoms with E-state index >= 15 is 0 Å². The van der Waals surface area contributed by atoms with Crippen molar-refractivity contribution in [2.24, 2.45) is 5.92 Å². The number of hydrogen-bond acceptors (Lipinski definition) is 10. The van der Waals surface area contributed by atoms with Crippen LogP contribution in [0.4, 0.5) is 10.5 Å². The normalized spacial score (nSPS) is 21.5. The van der Waals surface area contributed by atoms with E-state index in [1.54, 1.807) is 6.92 Å². The zero-order valence-corrected chi connectivity index (χ0v) is 28.9. The molecule has 2 amide bonds. The Labute approximate surface area is 295 Å². The maximum atomic E-state index is 14.1. The number of benzene rings is 3. The molecule has 8 rings (SSSR count). The summed E-state index contributed by atoms with van der Waals surface area (Å²) >= 11 is 3.71. The predicted octanol–water partition coefficient (Wildman–Crippen LogP) is 6.36. The second kappa shape index (κ2) is 12.2. The number of aldehydes is 1. The number of hydrogen-bond donors (Lipinski definition) is 3. The number of carbonyl (C=O) groups excluding carboxylic acids is 3. The van der Waals surface area contributed by atoms with Gasteiger partial charge in [-0.25, -0.2) is 14.8 Å². The van der Waals surface area contributed by atoms with E-state index in [4.69, 9.17) is 23.3 Å². The number of alkyl carbamates (subject to hydrolysis) is 1. The minimum absolute atomic E-state index is 0.0473. The molecule has 0 aliphatic carbocycles. The number of anilines is 1. The molecule has 0 fully saturated rings. The zero-order valence-electron chi connectivity index (χ0n) is 27.3. The first-order chi connectivity index (χ1) is 24.2. The maximum absolute atomic E-state index is 14.1. The van der Waals surface area contributed by atoms with Gasteiger partial charge in [-0.3, -0.25) is 9.59 Å². The van der Waals surface area contributed by atoms with Crippen molar-refractivity contribution in [2.75, 3.05) is 5.32 Å². The van der Waals surface area contributed by atoms with Crippen LogP contribution in [0.2, 0.25) is 0 Å². The fourth-order valence-corrected chi connectivity index (χ4v) is 7.49. The molecule has 0 saturated heterocycles. The Kier molecular flexibility index (Phi) is 7.74. The average molecular weight is 739 g/mol. The number of aromatic nitrogens is 2. The number of ether oxygens (including phenoxy) is 2. The Morgan fingerprint density at radius 3 is 2.66 bits per heavy atom. The third-order valence-electron chi connectivity index (χ3n) is 9.46. The number of aryl methyl sites for hydroxylation is 1. The molecule has 13 heteroatoms. The summed E-state index contributed by atoms with van der Waals surface area (Å²) in [6, 6.07) is 19.1. The molecule has 3 N–H and O–H groups in total. The highest BCUT2D eigenvalue weighted by molar-refractivity contribution is 9.10. The van der Waals surface area contributed by atoms with E-state index < -0.39 is 35.7 Å². The van der Waals surface area contributed by atoms with Gasteiger partial charge in [0.2, 0.25) is 17.7 Å². The van der Waals surface area contributed by atoms with Gasteiger partial charge in [-0.1, -0.05) is 68.4 Å². The van der Waals surface area contributed by atoms with Gasteiger partial charge in [-0.05, 0) is 52.0 Å². The molecule has 50 heavy (non-hydrogen) atoms. The number of nitrogens with one attached hydrogen (secondary N) is 3. The molecule has 3 aliphatic heterocycles. The van der Waals surface area contributed by atoms with E-state index in [1.165, 1.54) is 0 Å². The van der Waals surface area contributed by atoms with Crippen molar-refractivity contribution in [3.05, 3.63) is 117 Å². The molecule has 254 valence electrons. The Balaban J connectivity index is 1.30. The second-order valence-corrected chi connectivity index (χ2v) is 13.8. The van der Waals surface area contributed by atoms with Gasteiger partial charge >= 0.3 is 6.09 Å². The molecule has 0 saturated carbocycles. The third kappa shape index (κ3) is 5.06. The lowest BCUT2D eigenvalue weighted by Crippen LogP contribution is -2.49. The van der Waals surface area contributed by atoms with Crippen LogP contribution < -0.4 is 20.7 Å². The number of nitrogens with zero attached hydrogens (tertiary/aromatic N) is 2. The summed E-state index contributed by atoms with van der Waals surface area (Å²) in [6.07, 6.45) is -0.608. The number of amides is 2. The quantitative estimate of drug-likeness (QED) is 0.168. The minimum Gasteiger partial charge on any atom is -0.469 e. The van der Waals surface area contributed by atoms with Crippen molar-refractivity contribution in [1.29, 1.82) is 0 Å². The van der Waals surface area contributed by atoms with Gasteiger partial charge in [-0.2, -0.15) is 0 Å². The molecule has 3 aromatic carbocycles. The van der Waals surface area contributed by atoms with Gasteiger partial charge in [0.05, 0.1) is 5.69 Å². The molecular formula is C37H32BrN5O7. The van der Waals surface area contributed by atoms with Gasteiger partial charge in [-0.15, -0.1) is 0 Å². The highest BCUT2D eigenvalue weighted by Gasteiger charge is 2.61. The largest absolute Gasteiger partial charge is 0.469 e. The van der Waals surface area contributed by atoms with E-state index in [0.29, 0.717) is 23.6 Å². The molecule has 2 aromatic heterocycles. The number of oxazole rings is 2. The van der Waals surface area contributed by atoms with Crippen LogP contribution in [-0.4, -0.2) is 40.5 Å². The summed E-state index contributed by atoms with van der Waals surface area (Å²) in [7, 11) is 0. The molecule has 1 spiro atoms. The molecule has 5 heterocycles. The lowest BCUT2D eigenvalue weighted by atomic mass is 9.72. The van der Waals surface area contributed by atoms with Crippen LogP contribution in [0.15, 0.2) is 80.0 Å². The zero-order chi connectivity index (χ0) is 34.7. The van der Waals surface area contributed by atoms with E-state index in [2.05, 4.69) is 36.9 Å². The van der Waals surface area contributed by atoms with E-state index in [-0.39, 0.29) is 42.1 Å². The number of carbonyl (C=O) groups is 3. The van der Waals surface area contributed by atoms with Crippen molar-refractivity contribution >= 4 is 39.9 Å². The summed E-state index contributed by atoms with van der Waals surface area (Å²) < 4.78 is 25.8. The van der Waals surface area contributed by atoms with E-state index in [0.717, 1.165) is 32.4 Å². The molecule has 3 aliphatic rings. The fourth-order valence-electron chi connectivity index (χ4n) is 7.01. The molecular weight excluding hydrogens is 706 g/mol. The minimum atomic E-state index is -1.10. The van der Waals surface area contributed by atoms with Gasteiger partial charge in [0.1, 0.15) is 41.3 Å². The van der Waals surface area contributed by atoms with Crippen molar-refractivity contribution in [1.82, 2.24) is 20.6 Å². The number of rotatable bonds is 6. The molecule has 2 unspecified atom stereocenters. The van der Waals surface area contributed by atoms with E-state index in [9.17, 15) is 14.4 Å². The van der Waals surface area contributed by atoms with Crippen LogP contribution in [0.5, 0.6) is 5.75 Å². The molecule has 4 bridgehead atoms. The lowest BCUT2D eigenvalue weighted by molar-refractivity contribution is -0.124. The van der Waals surface area contributed by atoms with Crippen LogP contribution in [0.1, 0.15) is 70.0 Å². The highest BCUT2D eigenvalue weighted by atomic mass is 79.9. The fraction of sp³-hybridized carbons (Fsp3) is 0.270. The smallest absolute Gasteiger partial charge is 0.408 e. The predicted molar refractivity (Wildman–Crippen MR) is 184 cm³/mol. The maximum Gasteiger partial charge on any atom is 0.408 e. The first kappa shape index (κ1) is 31.8. The first-order valence-electron chi connectivity index (χ1n) is 16.2. The summed E-state index contributed by atoms with van der Waals surface area (Å²) in [5, 5.41) is 9.41. The molecule has 4 atom stereocenters. The molecule has 0 radical (unpaired) electrons. The van der Waals surface area contributed by atoms with Crippen LogP contribution in [0.3, 0.4) is 0 Å². The van der Waals surface area contributed by atoms with Crippen LogP contribution in [0.25, 0.3) is 11.6 Å². The summed E-state index contributed by atoms with van der Waals surface area (Å²) in [4.78, 5) is 48.5. The number of para-hydroxylation sites is 1. The molecule has 12 nitrogen and oxygen atoms in total.